The van der Waals surface area contributed by atoms with Crippen molar-refractivity contribution in [3.8, 4) is 5.75 Å². The minimum absolute atomic E-state index is 0.330. The highest BCUT2D eigenvalue weighted by atomic mass is 19.4. The molecule has 1 aliphatic rings. The molecule has 3 rings (SSSR count). The van der Waals surface area contributed by atoms with E-state index in [2.05, 4.69) is 4.99 Å². The van der Waals surface area contributed by atoms with E-state index in [1.54, 1.807) is 18.2 Å². The van der Waals surface area contributed by atoms with Crippen molar-refractivity contribution in [2.45, 2.75) is 12.6 Å². The number of hydrogen-bond donors (Lipinski definition) is 0. The lowest BCUT2D eigenvalue weighted by Gasteiger charge is -2.18. The molecule has 0 aromatic heterocycles. The highest BCUT2D eigenvalue weighted by molar-refractivity contribution is 6.15. The van der Waals surface area contributed by atoms with Crippen LogP contribution in [-0.4, -0.2) is 18.7 Å². The highest BCUT2D eigenvalue weighted by Gasteiger charge is 2.30. The topological polar surface area (TPSA) is 38.7 Å². The third-order valence-electron chi connectivity index (χ3n) is 3.71. The molecule has 0 saturated heterocycles. The van der Waals surface area contributed by atoms with Crippen molar-refractivity contribution in [2.75, 3.05) is 7.11 Å². The molecular formula is C17H12F3NO2. The Bertz CT molecular complexity index is 792. The lowest BCUT2D eigenvalue weighted by atomic mass is 9.93. The van der Waals surface area contributed by atoms with Crippen molar-refractivity contribution in [1.82, 2.24) is 0 Å². The molecule has 1 aliphatic heterocycles. The van der Waals surface area contributed by atoms with Gasteiger partial charge in [0.05, 0.1) is 18.4 Å². The van der Waals surface area contributed by atoms with E-state index in [1.807, 2.05) is 0 Å². The first-order valence-electron chi connectivity index (χ1n) is 6.85. The summed E-state index contributed by atoms with van der Waals surface area (Å²) >= 11 is 0. The number of methoxy groups -OCH3 is 1. The Morgan fingerprint density at radius 1 is 1.09 bits per heavy atom. The standard InChI is InChI=1S/C17H12F3NO2/c1-23-15-4-2-3-12-13(15)9-14(21-16(12)22)10-5-7-11(8-6-10)17(18,19)20/h2-8H,9H2,1H3. The molecule has 0 fully saturated rings. The number of nitrogens with zero attached hydrogens (tertiary/aromatic N) is 1. The Labute approximate surface area is 130 Å². The first kappa shape index (κ1) is 15.3. The van der Waals surface area contributed by atoms with Gasteiger partial charge in [-0.2, -0.15) is 13.2 Å². The van der Waals surface area contributed by atoms with Gasteiger partial charge in [0.15, 0.2) is 0 Å². The Hall–Kier alpha value is -2.63. The van der Waals surface area contributed by atoms with Gasteiger partial charge in [-0.3, -0.25) is 4.79 Å². The Morgan fingerprint density at radius 2 is 1.78 bits per heavy atom. The molecule has 0 aliphatic carbocycles. The maximum Gasteiger partial charge on any atom is 0.416 e. The van der Waals surface area contributed by atoms with Crippen molar-refractivity contribution in [3.63, 3.8) is 0 Å². The second kappa shape index (κ2) is 5.53. The number of hydrogen-bond acceptors (Lipinski definition) is 2. The maximum atomic E-state index is 12.6. The molecule has 0 radical (unpaired) electrons. The maximum absolute atomic E-state index is 12.6. The van der Waals surface area contributed by atoms with Crippen molar-refractivity contribution in [3.05, 3.63) is 64.7 Å². The lowest BCUT2D eigenvalue weighted by molar-refractivity contribution is -0.137. The normalized spacial score (nSPS) is 14.3. The predicted octanol–water partition coefficient (Wildman–Crippen LogP) is 3.90. The molecule has 0 spiro atoms. The summed E-state index contributed by atoms with van der Waals surface area (Å²) in [5.41, 5.74) is 1.34. The van der Waals surface area contributed by atoms with E-state index in [4.69, 9.17) is 4.74 Å². The van der Waals surface area contributed by atoms with Gasteiger partial charge < -0.3 is 4.74 Å². The minimum atomic E-state index is -4.39. The molecule has 2 aromatic carbocycles. The molecule has 23 heavy (non-hydrogen) atoms. The number of alkyl halides is 3. The molecular weight excluding hydrogens is 307 g/mol. The zero-order valence-corrected chi connectivity index (χ0v) is 12.1. The molecule has 1 heterocycles. The van der Waals surface area contributed by atoms with Crippen LogP contribution in [0.1, 0.15) is 27.0 Å². The average Bonchev–Trinajstić information content (AvgIpc) is 2.53. The number of carbonyl (C=O) groups is 1. The SMILES string of the molecule is COc1cccc2c1CC(c1ccc(C(F)(F)F)cc1)=NC2=O. The van der Waals surface area contributed by atoms with Crippen molar-refractivity contribution >= 4 is 11.6 Å². The van der Waals surface area contributed by atoms with Crippen LogP contribution in [0.4, 0.5) is 13.2 Å². The number of rotatable bonds is 2. The number of halogens is 3. The van der Waals surface area contributed by atoms with Gasteiger partial charge in [-0.1, -0.05) is 18.2 Å². The molecule has 0 unspecified atom stereocenters. The quantitative estimate of drug-likeness (QED) is 0.842. The van der Waals surface area contributed by atoms with Crippen LogP contribution in [0.25, 0.3) is 0 Å². The monoisotopic (exact) mass is 319 g/mol. The van der Waals surface area contributed by atoms with Gasteiger partial charge >= 0.3 is 6.18 Å². The predicted molar refractivity (Wildman–Crippen MR) is 79.0 cm³/mol. The number of carbonyl (C=O) groups excluding carboxylic acids is 1. The molecule has 1 amide bonds. The van der Waals surface area contributed by atoms with Gasteiger partial charge in [0, 0.05) is 17.5 Å². The van der Waals surface area contributed by atoms with E-state index in [1.165, 1.54) is 19.2 Å². The Morgan fingerprint density at radius 3 is 2.39 bits per heavy atom. The number of benzene rings is 2. The van der Waals surface area contributed by atoms with Crippen molar-refractivity contribution < 1.29 is 22.7 Å². The molecule has 0 atom stereocenters. The van der Waals surface area contributed by atoms with Gasteiger partial charge in [-0.05, 0) is 29.8 Å². The largest absolute Gasteiger partial charge is 0.496 e. The van der Waals surface area contributed by atoms with E-state index < -0.39 is 17.6 Å². The minimum Gasteiger partial charge on any atom is -0.496 e. The third kappa shape index (κ3) is 2.84. The van der Waals surface area contributed by atoms with Crippen molar-refractivity contribution in [1.29, 1.82) is 0 Å². The lowest BCUT2D eigenvalue weighted by Crippen LogP contribution is -2.18. The van der Waals surface area contributed by atoms with Crippen LogP contribution in [0.5, 0.6) is 5.75 Å². The van der Waals surface area contributed by atoms with E-state index >= 15 is 0 Å². The zero-order chi connectivity index (χ0) is 16.6. The van der Waals surface area contributed by atoms with E-state index in [-0.39, 0.29) is 0 Å². The number of aliphatic imine (C=N–C) groups is 1. The second-order valence-electron chi connectivity index (χ2n) is 5.10. The number of amides is 1. The molecule has 2 aromatic rings. The summed E-state index contributed by atoms with van der Waals surface area (Å²) in [5, 5.41) is 0. The highest BCUT2D eigenvalue weighted by Crippen LogP contribution is 2.31. The van der Waals surface area contributed by atoms with E-state index in [9.17, 15) is 18.0 Å². The van der Waals surface area contributed by atoms with Crippen LogP contribution in [-0.2, 0) is 12.6 Å². The number of ether oxygens (including phenoxy) is 1. The van der Waals surface area contributed by atoms with Crippen LogP contribution >= 0.6 is 0 Å². The van der Waals surface area contributed by atoms with Crippen LogP contribution < -0.4 is 4.74 Å². The summed E-state index contributed by atoms with van der Waals surface area (Å²) in [6, 6.07) is 9.73. The summed E-state index contributed by atoms with van der Waals surface area (Å²) < 4.78 is 43.1. The molecule has 0 bridgehead atoms. The van der Waals surface area contributed by atoms with Crippen molar-refractivity contribution in [2.24, 2.45) is 4.99 Å². The zero-order valence-electron chi connectivity index (χ0n) is 12.1. The first-order chi connectivity index (χ1) is 10.9. The van der Waals surface area contributed by atoms with E-state index in [0.29, 0.717) is 34.6 Å². The van der Waals surface area contributed by atoms with Gasteiger partial charge in [-0.15, -0.1) is 0 Å². The third-order valence-corrected chi connectivity index (χ3v) is 3.71. The summed E-state index contributed by atoms with van der Waals surface area (Å²) in [7, 11) is 1.50. The van der Waals surface area contributed by atoms with Gasteiger partial charge in [0.1, 0.15) is 5.75 Å². The van der Waals surface area contributed by atoms with Gasteiger partial charge in [-0.25, -0.2) is 4.99 Å². The molecule has 6 heteroatoms. The fourth-order valence-corrected chi connectivity index (χ4v) is 2.55. The second-order valence-corrected chi connectivity index (χ2v) is 5.10. The van der Waals surface area contributed by atoms with Gasteiger partial charge in [0.25, 0.3) is 5.91 Å². The fraction of sp³-hybridized carbons (Fsp3) is 0.176. The van der Waals surface area contributed by atoms with Crippen LogP contribution in [0, 0.1) is 0 Å². The van der Waals surface area contributed by atoms with Crippen LogP contribution in [0.15, 0.2) is 47.5 Å². The smallest absolute Gasteiger partial charge is 0.416 e. The number of fused-ring (bicyclic) bond motifs is 1. The average molecular weight is 319 g/mol. The fourth-order valence-electron chi connectivity index (χ4n) is 2.55. The summed E-state index contributed by atoms with van der Waals surface area (Å²) in [6.07, 6.45) is -4.06. The summed E-state index contributed by atoms with van der Waals surface area (Å²) in [5.74, 6) is 0.148. The molecule has 0 saturated carbocycles. The van der Waals surface area contributed by atoms with Crippen LogP contribution in [0.2, 0.25) is 0 Å². The first-order valence-corrected chi connectivity index (χ1v) is 6.85. The van der Waals surface area contributed by atoms with E-state index in [0.717, 1.165) is 12.1 Å². The molecule has 3 nitrogen and oxygen atoms in total. The summed E-state index contributed by atoms with van der Waals surface area (Å²) in [6.45, 7) is 0. The Kier molecular flexibility index (Phi) is 3.67. The summed E-state index contributed by atoms with van der Waals surface area (Å²) in [4.78, 5) is 16.1. The van der Waals surface area contributed by atoms with Crippen LogP contribution in [0.3, 0.4) is 0 Å². The Balaban J connectivity index is 1.98. The van der Waals surface area contributed by atoms with Gasteiger partial charge in [0.2, 0.25) is 0 Å². The molecule has 118 valence electrons. The molecule has 0 N–H and O–H groups in total.